The molecule has 156 valence electrons. The highest BCUT2D eigenvalue weighted by Gasteiger charge is 2.25. The highest BCUT2D eigenvalue weighted by Crippen LogP contribution is 2.23. The average Bonchev–Trinajstić information content (AvgIpc) is 2.80. The number of fused-ring (bicyclic) bond motifs is 2. The average molecular weight is 412 g/mol. The molecular weight excluding hydrogens is 388 g/mol. The summed E-state index contributed by atoms with van der Waals surface area (Å²) in [5.74, 6) is -0.0825. The summed E-state index contributed by atoms with van der Waals surface area (Å²) in [6.45, 7) is 7.03. The second-order valence-electron chi connectivity index (χ2n) is 8.12. The molecule has 31 heavy (non-hydrogen) atoms. The molecule has 1 amide bonds. The quantitative estimate of drug-likeness (QED) is 0.474. The molecule has 0 N–H and O–H groups in total. The lowest BCUT2D eigenvalue weighted by molar-refractivity contribution is 0.0748. The summed E-state index contributed by atoms with van der Waals surface area (Å²) >= 11 is 0. The molecule has 0 radical (unpaired) electrons. The van der Waals surface area contributed by atoms with Crippen LogP contribution in [-0.4, -0.2) is 46.4 Å². The fraction of sp³-hybridized carbons (Fsp3) is 0.240. The minimum atomic E-state index is -0.157. The summed E-state index contributed by atoms with van der Waals surface area (Å²) in [6.07, 6.45) is 1.67. The molecular formula is C25H24N4O2. The zero-order chi connectivity index (χ0) is 21.5. The van der Waals surface area contributed by atoms with E-state index in [-0.39, 0.29) is 11.5 Å². The number of anilines is 1. The fourth-order valence-electron chi connectivity index (χ4n) is 4.32. The number of carbonyl (C=O) groups excluding carboxylic acids is 1. The number of carbonyl (C=O) groups is 1. The van der Waals surface area contributed by atoms with E-state index in [2.05, 4.69) is 41.9 Å². The number of para-hydroxylation sites is 1. The van der Waals surface area contributed by atoms with Crippen molar-refractivity contribution in [3.05, 3.63) is 87.8 Å². The van der Waals surface area contributed by atoms with Gasteiger partial charge in [0.25, 0.3) is 11.5 Å². The third-order valence-corrected chi connectivity index (χ3v) is 6.05. The predicted octanol–water partition coefficient (Wildman–Crippen LogP) is 3.43. The normalized spacial score (nSPS) is 14.4. The summed E-state index contributed by atoms with van der Waals surface area (Å²) in [5.41, 5.74) is 5.03. The Morgan fingerprint density at radius 2 is 1.71 bits per heavy atom. The maximum Gasteiger partial charge on any atom is 0.265 e. The van der Waals surface area contributed by atoms with Crippen molar-refractivity contribution in [3.63, 3.8) is 0 Å². The Hall–Kier alpha value is -3.67. The third kappa shape index (κ3) is 3.34. The van der Waals surface area contributed by atoms with Gasteiger partial charge in [0, 0.05) is 38.1 Å². The van der Waals surface area contributed by atoms with Crippen molar-refractivity contribution in [1.29, 1.82) is 0 Å². The first kappa shape index (κ1) is 19.3. The monoisotopic (exact) mass is 412 g/mol. The van der Waals surface area contributed by atoms with Crippen LogP contribution in [0.3, 0.4) is 0 Å². The number of amides is 1. The number of hydrogen-bond acceptors (Lipinski definition) is 4. The molecule has 1 fully saturated rings. The minimum Gasteiger partial charge on any atom is -0.368 e. The molecule has 0 atom stereocenters. The zero-order valence-electron chi connectivity index (χ0n) is 17.7. The molecule has 1 saturated heterocycles. The van der Waals surface area contributed by atoms with Gasteiger partial charge in [0.1, 0.15) is 0 Å². The van der Waals surface area contributed by atoms with E-state index in [9.17, 15) is 9.59 Å². The van der Waals surface area contributed by atoms with Gasteiger partial charge in [-0.15, -0.1) is 0 Å². The van der Waals surface area contributed by atoms with E-state index < -0.39 is 0 Å². The smallest absolute Gasteiger partial charge is 0.265 e. The van der Waals surface area contributed by atoms with E-state index in [0.717, 1.165) is 13.1 Å². The number of pyridine rings is 1. The number of benzene rings is 2. The van der Waals surface area contributed by atoms with Crippen LogP contribution in [0.5, 0.6) is 0 Å². The molecule has 2 aromatic carbocycles. The van der Waals surface area contributed by atoms with Gasteiger partial charge in [-0.2, -0.15) is 0 Å². The Morgan fingerprint density at radius 1 is 0.935 bits per heavy atom. The standard InChI is InChI=1S/C25H24N4O2/c1-17-9-10-18(2)22(16-17)27-12-14-28(15-13-27)24(30)20-7-5-11-29-23(20)26-21-8-4-3-6-19(21)25(29)31/h3-11,16H,12-15H2,1-2H3. The summed E-state index contributed by atoms with van der Waals surface area (Å²) < 4.78 is 1.47. The van der Waals surface area contributed by atoms with Gasteiger partial charge in [0.05, 0.1) is 16.5 Å². The number of rotatable bonds is 2. The second kappa shape index (κ2) is 7.54. The molecule has 0 spiro atoms. The Morgan fingerprint density at radius 3 is 2.52 bits per heavy atom. The predicted molar refractivity (Wildman–Crippen MR) is 123 cm³/mol. The molecule has 6 heteroatoms. The molecule has 3 heterocycles. The van der Waals surface area contributed by atoms with Crippen LogP contribution in [0.25, 0.3) is 16.6 Å². The lowest BCUT2D eigenvalue weighted by Gasteiger charge is -2.37. The van der Waals surface area contributed by atoms with Gasteiger partial charge in [-0.25, -0.2) is 4.98 Å². The van der Waals surface area contributed by atoms with E-state index in [1.165, 1.54) is 21.2 Å². The van der Waals surface area contributed by atoms with Gasteiger partial charge in [-0.3, -0.25) is 14.0 Å². The first-order chi connectivity index (χ1) is 15.0. The Balaban J connectivity index is 1.45. The van der Waals surface area contributed by atoms with E-state index in [1.807, 2.05) is 17.0 Å². The third-order valence-electron chi connectivity index (χ3n) is 6.05. The molecule has 2 aromatic heterocycles. The molecule has 0 unspecified atom stereocenters. The first-order valence-electron chi connectivity index (χ1n) is 10.5. The molecule has 1 aliphatic rings. The van der Waals surface area contributed by atoms with Crippen molar-refractivity contribution < 1.29 is 4.79 Å². The van der Waals surface area contributed by atoms with Crippen molar-refractivity contribution in [3.8, 4) is 0 Å². The van der Waals surface area contributed by atoms with Crippen LogP contribution >= 0.6 is 0 Å². The minimum absolute atomic E-state index is 0.0825. The van der Waals surface area contributed by atoms with Crippen molar-refractivity contribution in [1.82, 2.24) is 14.3 Å². The Kier molecular flexibility index (Phi) is 4.70. The van der Waals surface area contributed by atoms with E-state index in [1.54, 1.807) is 30.5 Å². The van der Waals surface area contributed by atoms with Crippen molar-refractivity contribution in [2.24, 2.45) is 0 Å². The summed E-state index contributed by atoms with van der Waals surface area (Å²) in [7, 11) is 0. The number of nitrogens with zero attached hydrogens (tertiary/aromatic N) is 4. The van der Waals surface area contributed by atoms with Gasteiger partial charge in [0.2, 0.25) is 0 Å². The van der Waals surface area contributed by atoms with Crippen LogP contribution in [0, 0.1) is 13.8 Å². The topological polar surface area (TPSA) is 57.9 Å². The van der Waals surface area contributed by atoms with Crippen LogP contribution in [-0.2, 0) is 0 Å². The SMILES string of the molecule is Cc1ccc(C)c(N2CCN(C(=O)c3cccn4c(=O)c5ccccc5nc34)CC2)c1. The fourth-order valence-corrected chi connectivity index (χ4v) is 4.32. The van der Waals surface area contributed by atoms with Gasteiger partial charge in [-0.1, -0.05) is 24.3 Å². The zero-order valence-corrected chi connectivity index (χ0v) is 17.7. The van der Waals surface area contributed by atoms with Crippen molar-refractivity contribution >= 4 is 28.1 Å². The first-order valence-corrected chi connectivity index (χ1v) is 10.5. The van der Waals surface area contributed by atoms with Crippen molar-refractivity contribution in [2.75, 3.05) is 31.1 Å². The summed E-state index contributed by atoms with van der Waals surface area (Å²) in [6, 6.07) is 17.2. The van der Waals surface area contributed by atoms with E-state index in [0.29, 0.717) is 35.2 Å². The molecule has 4 aromatic rings. The molecule has 0 bridgehead atoms. The molecule has 6 nitrogen and oxygen atoms in total. The molecule has 1 aliphatic heterocycles. The highest BCUT2D eigenvalue weighted by atomic mass is 16.2. The van der Waals surface area contributed by atoms with E-state index >= 15 is 0 Å². The Bertz CT molecular complexity index is 1370. The van der Waals surface area contributed by atoms with Crippen molar-refractivity contribution in [2.45, 2.75) is 13.8 Å². The second-order valence-corrected chi connectivity index (χ2v) is 8.12. The van der Waals surface area contributed by atoms with Crippen LogP contribution in [0.1, 0.15) is 21.5 Å². The summed E-state index contributed by atoms with van der Waals surface area (Å²) in [4.78, 5) is 35.1. The Labute approximate surface area is 180 Å². The maximum absolute atomic E-state index is 13.4. The number of aryl methyl sites for hydroxylation is 2. The van der Waals surface area contributed by atoms with Gasteiger partial charge in [-0.05, 0) is 55.3 Å². The maximum atomic E-state index is 13.4. The number of piperazine rings is 1. The highest BCUT2D eigenvalue weighted by molar-refractivity contribution is 6.00. The number of aromatic nitrogens is 2. The van der Waals surface area contributed by atoms with Gasteiger partial charge >= 0.3 is 0 Å². The lowest BCUT2D eigenvalue weighted by atomic mass is 10.1. The van der Waals surface area contributed by atoms with Crippen LogP contribution < -0.4 is 10.5 Å². The largest absolute Gasteiger partial charge is 0.368 e. The van der Waals surface area contributed by atoms with Gasteiger partial charge < -0.3 is 9.80 Å². The molecule has 0 aliphatic carbocycles. The lowest BCUT2D eigenvalue weighted by Crippen LogP contribution is -2.49. The molecule has 5 rings (SSSR count). The summed E-state index contributed by atoms with van der Waals surface area (Å²) in [5, 5.41) is 0.548. The van der Waals surface area contributed by atoms with Crippen LogP contribution in [0.2, 0.25) is 0 Å². The van der Waals surface area contributed by atoms with Crippen LogP contribution in [0.4, 0.5) is 5.69 Å². The van der Waals surface area contributed by atoms with E-state index in [4.69, 9.17) is 0 Å². The molecule has 0 saturated carbocycles. The number of hydrogen-bond donors (Lipinski definition) is 0. The van der Waals surface area contributed by atoms with Crippen LogP contribution in [0.15, 0.2) is 65.6 Å². The van der Waals surface area contributed by atoms with Gasteiger partial charge in [0.15, 0.2) is 5.65 Å².